The Morgan fingerprint density at radius 3 is 2.73 bits per heavy atom. The highest BCUT2D eigenvalue weighted by Gasteiger charge is 2.52. The maximum Gasteiger partial charge on any atom is 0.358 e. The molecule has 0 unspecified atom stereocenters. The van der Waals surface area contributed by atoms with E-state index in [-0.39, 0.29) is 37.0 Å². The number of ether oxygens (including phenoxy) is 2. The molecule has 0 saturated carbocycles. The molecule has 11 nitrogen and oxygen atoms in total. The van der Waals surface area contributed by atoms with E-state index in [0.717, 1.165) is 5.56 Å². The van der Waals surface area contributed by atoms with Crippen LogP contribution in [0, 0.1) is 0 Å². The zero-order valence-corrected chi connectivity index (χ0v) is 16.3. The fourth-order valence-corrected chi connectivity index (χ4v) is 3.61. The molecular weight excluding hydrogens is 394 g/mol. The van der Waals surface area contributed by atoms with Gasteiger partial charge in [0.1, 0.15) is 5.75 Å². The standard InChI is InChI=1S/C19H19N5O6/c1-3-30-16(26)13-7-14(23-22-13)19(17(27)20-18(28)21-19)9-24-8-10-4-5-11(29-2)6-12(10)15(24)25/h4-7H,3,8-9H2,1-2H3,(H,22,23)(H2,20,21,27,28)/t19-/m0/s1. The highest BCUT2D eigenvalue weighted by atomic mass is 16.5. The Morgan fingerprint density at radius 2 is 2.07 bits per heavy atom. The lowest BCUT2D eigenvalue weighted by Crippen LogP contribution is -2.53. The van der Waals surface area contributed by atoms with Crippen molar-refractivity contribution in [1.82, 2.24) is 25.7 Å². The molecule has 1 atom stereocenters. The molecule has 2 aliphatic heterocycles. The molecule has 3 heterocycles. The monoisotopic (exact) mass is 413 g/mol. The van der Waals surface area contributed by atoms with Crippen LogP contribution >= 0.6 is 0 Å². The highest BCUT2D eigenvalue weighted by molar-refractivity contribution is 6.08. The van der Waals surface area contributed by atoms with Gasteiger partial charge in [0.25, 0.3) is 11.8 Å². The van der Waals surface area contributed by atoms with Gasteiger partial charge in [-0.25, -0.2) is 9.59 Å². The summed E-state index contributed by atoms with van der Waals surface area (Å²) in [5.74, 6) is -1.09. The Hall–Kier alpha value is -3.89. The number of aromatic amines is 1. The van der Waals surface area contributed by atoms with Crippen molar-refractivity contribution >= 4 is 23.8 Å². The van der Waals surface area contributed by atoms with Crippen LogP contribution in [0.4, 0.5) is 4.79 Å². The number of aromatic nitrogens is 2. The fourth-order valence-electron chi connectivity index (χ4n) is 3.61. The van der Waals surface area contributed by atoms with Crippen molar-refractivity contribution in [3.8, 4) is 5.75 Å². The maximum atomic E-state index is 12.9. The molecule has 0 bridgehead atoms. The Kier molecular flexibility index (Phi) is 4.65. The SMILES string of the molecule is CCOC(=O)c1cc([C@]2(CN3Cc4ccc(OC)cc4C3=O)NC(=O)NC2=O)[nH]n1. The van der Waals surface area contributed by atoms with Crippen molar-refractivity contribution in [3.05, 3.63) is 46.8 Å². The lowest BCUT2D eigenvalue weighted by atomic mass is 9.94. The van der Waals surface area contributed by atoms with Crippen LogP contribution < -0.4 is 15.4 Å². The predicted octanol–water partition coefficient (Wildman–Crippen LogP) is 0.286. The zero-order chi connectivity index (χ0) is 21.5. The van der Waals surface area contributed by atoms with Crippen molar-refractivity contribution in [2.24, 2.45) is 0 Å². The number of methoxy groups -OCH3 is 1. The summed E-state index contributed by atoms with van der Waals surface area (Å²) in [6.45, 7) is 1.91. The average molecular weight is 413 g/mol. The summed E-state index contributed by atoms with van der Waals surface area (Å²) in [6.07, 6.45) is 0. The van der Waals surface area contributed by atoms with Crippen LogP contribution in [0.1, 0.15) is 39.0 Å². The molecule has 4 amide bonds. The normalized spacial score (nSPS) is 20.1. The van der Waals surface area contributed by atoms with Crippen molar-refractivity contribution in [2.45, 2.75) is 19.0 Å². The Morgan fingerprint density at radius 1 is 1.27 bits per heavy atom. The number of hydrogen-bond donors (Lipinski definition) is 3. The third kappa shape index (κ3) is 3.04. The number of urea groups is 1. The first-order valence-electron chi connectivity index (χ1n) is 9.20. The van der Waals surface area contributed by atoms with Crippen molar-refractivity contribution in [3.63, 3.8) is 0 Å². The molecule has 1 saturated heterocycles. The topological polar surface area (TPSA) is 143 Å². The van der Waals surface area contributed by atoms with Gasteiger partial charge >= 0.3 is 12.0 Å². The van der Waals surface area contributed by atoms with E-state index in [0.29, 0.717) is 11.3 Å². The zero-order valence-electron chi connectivity index (χ0n) is 16.3. The van der Waals surface area contributed by atoms with Crippen LogP contribution in [0.15, 0.2) is 24.3 Å². The molecule has 0 radical (unpaired) electrons. The van der Waals surface area contributed by atoms with E-state index in [4.69, 9.17) is 9.47 Å². The smallest absolute Gasteiger partial charge is 0.358 e. The van der Waals surface area contributed by atoms with Gasteiger partial charge in [-0.05, 0) is 30.7 Å². The van der Waals surface area contributed by atoms with E-state index in [9.17, 15) is 19.2 Å². The fraction of sp³-hybridized carbons (Fsp3) is 0.316. The maximum absolute atomic E-state index is 12.9. The molecule has 1 aromatic carbocycles. The molecule has 11 heteroatoms. The molecule has 1 aromatic heterocycles. The Balaban J connectivity index is 1.66. The van der Waals surface area contributed by atoms with Gasteiger partial charge in [0.2, 0.25) is 0 Å². The van der Waals surface area contributed by atoms with Crippen molar-refractivity contribution < 1.29 is 28.7 Å². The van der Waals surface area contributed by atoms with Gasteiger partial charge in [0.15, 0.2) is 11.2 Å². The van der Waals surface area contributed by atoms with Gasteiger partial charge in [0, 0.05) is 12.1 Å². The number of esters is 1. The number of carbonyl (C=O) groups excluding carboxylic acids is 4. The van der Waals surface area contributed by atoms with Gasteiger partial charge in [-0.2, -0.15) is 5.10 Å². The number of benzene rings is 1. The second-order valence-electron chi connectivity index (χ2n) is 6.89. The van der Waals surface area contributed by atoms with Gasteiger partial charge in [-0.3, -0.25) is 20.0 Å². The summed E-state index contributed by atoms with van der Waals surface area (Å²) in [6, 6.07) is 5.78. The minimum Gasteiger partial charge on any atom is -0.497 e. The first kappa shape index (κ1) is 19.4. The van der Waals surface area contributed by atoms with E-state index in [1.165, 1.54) is 18.1 Å². The third-order valence-corrected chi connectivity index (χ3v) is 5.09. The molecule has 2 aromatic rings. The largest absolute Gasteiger partial charge is 0.497 e. The van der Waals surface area contributed by atoms with Crippen molar-refractivity contribution in [1.29, 1.82) is 0 Å². The minimum absolute atomic E-state index is 0.0408. The van der Waals surface area contributed by atoms with Crippen LogP contribution in [-0.4, -0.2) is 59.2 Å². The van der Waals surface area contributed by atoms with E-state index < -0.39 is 23.4 Å². The third-order valence-electron chi connectivity index (χ3n) is 5.09. The lowest BCUT2D eigenvalue weighted by Gasteiger charge is -2.29. The molecule has 1 fully saturated rings. The van der Waals surface area contributed by atoms with Crippen LogP contribution in [0.25, 0.3) is 0 Å². The average Bonchev–Trinajstić information content (AvgIpc) is 3.40. The first-order chi connectivity index (χ1) is 14.4. The quantitative estimate of drug-likeness (QED) is 0.456. The summed E-state index contributed by atoms with van der Waals surface area (Å²) in [4.78, 5) is 51.1. The van der Waals surface area contributed by atoms with Gasteiger partial charge in [-0.1, -0.05) is 6.07 Å². The summed E-state index contributed by atoms with van der Waals surface area (Å²) >= 11 is 0. The molecular formula is C19H19N5O6. The van der Waals surface area contributed by atoms with Crippen LogP contribution in [0.2, 0.25) is 0 Å². The van der Waals surface area contributed by atoms with Crippen LogP contribution in [0.3, 0.4) is 0 Å². The molecule has 2 aliphatic rings. The summed E-state index contributed by atoms with van der Waals surface area (Å²) in [7, 11) is 1.51. The molecule has 156 valence electrons. The number of carbonyl (C=O) groups is 4. The second-order valence-corrected chi connectivity index (χ2v) is 6.89. The number of nitrogens with one attached hydrogen (secondary N) is 3. The Bertz CT molecular complexity index is 1060. The van der Waals surface area contributed by atoms with E-state index in [1.54, 1.807) is 25.1 Å². The van der Waals surface area contributed by atoms with E-state index in [1.807, 2.05) is 0 Å². The Labute approximate surface area is 170 Å². The number of imide groups is 1. The van der Waals surface area contributed by atoms with Crippen LogP contribution in [0.5, 0.6) is 5.75 Å². The minimum atomic E-state index is -1.63. The number of fused-ring (bicyclic) bond motifs is 1. The second kappa shape index (κ2) is 7.17. The molecule has 0 aliphatic carbocycles. The highest BCUT2D eigenvalue weighted by Crippen LogP contribution is 2.32. The predicted molar refractivity (Wildman–Crippen MR) is 101 cm³/mol. The van der Waals surface area contributed by atoms with Gasteiger partial charge < -0.3 is 19.7 Å². The number of hydrogen-bond acceptors (Lipinski definition) is 7. The molecule has 0 spiro atoms. The van der Waals surface area contributed by atoms with Crippen molar-refractivity contribution in [2.75, 3.05) is 20.3 Å². The number of amides is 4. The van der Waals surface area contributed by atoms with Gasteiger partial charge in [0.05, 0.1) is 26.0 Å². The van der Waals surface area contributed by atoms with E-state index in [2.05, 4.69) is 20.8 Å². The molecule has 30 heavy (non-hydrogen) atoms. The molecule has 4 rings (SSSR count). The van der Waals surface area contributed by atoms with Gasteiger partial charge in [-0.15, -0.1) is 0 Å². The van der Waals surface area contributed by atoms with E-state index >= 15 is 0 Å². The number of H-pyrrole nitrogens is 1. The lowest BCUT2D eigenvalue weighted by molar-refractivity contribution is -0.125. The first-order valence-corrected chi connectivity index (χ1v) is 9.20. The summed E-state index contributed by atoms with van der Waals surface area (Å²) in [5.41, 5.74) is -0.267. The number of rotatable bonds is 6. The summed E-state index contributed by atoms with van der Waals surface area (Å²) in [5, 5.41) is 11.3. The summed E-state index contributed by atoms with van der Waals surface area (Å²) < 4.78 is 10.1. The molecule has 3 N–H and O–H groups in total. The van der Waals surface area contributed by atoms with Crippen LogP contribution in [-0.2, 0) is 21.6 Å². The number of nitrogens with zero attached hydrogens (tertiary/aromatic N) is 2.